The summed E-state index contributed by atoms with van der Waals surface area (Å²) < 4.78 is 16.1. The van der Waals surface area contributed by atoms with Crippen LogP contribution in [0.4, 0.5) is 15.8 Å². The third-order valence-corrected chi connectivity index (χ3v) is 7.17. The van der Waals surface area contributed by atoms with Gasteiger partial charge in [-0.1, -0.05) is 37.1 Å². The molecule has 2 heterocycles. The molecule has 4 rings (SSSR count). The molecule has 1 aromatic carbocycles. The lowest BCUT2D eigenvalue weighted by atomic mass is 9.95. The molecule has 0 radical (unpaired) electrons. The van der Waals surface area contributed by atoms with Crippen LogP contribution in [0.3, 0.4) is 0 Å². The quantitative estimate of drug-likeness (QED) is 0.272. The van der Waals surface area contributed by atoms with Gasteiger partial charge in [0.15, 0.2) is 5.16 Å². The Morgan fingerprint density at radius 1 is 1.28 bits per heavy atom. The molecule has 0 bridgehead atoms. The monoisotopic (exact) mass is 475 g/mol. The van der Waals surface area contributed by atoms with Crippen LogP contribution in [0.15, 0.2) is 40.9 Å². The standard InChI is InChI=1S/C21H22FN5O3S2/c22-17-9-8-15(27(29)30)11-18(17)23-20(28)13-32-21-25-24-19(12-16-7-4-10-31-16)26(21)14-5-2-1-3-6-14/h4,7-11,14H,1-3,5-6,12-13H2,(H,23,28). The van der Waals surface area contributed by atoms with Crippen molar-refractivity contribution >= 4 is 40.4 Å². The highest BCUT2D eigenvalue weighted by Gasteiger charge is 2.24. The first-order valence-corrected chi connectivity index (χ1v) is 12.2. The maximum atomic E-state index is 14.0. The fraction of sp³-hybridized carbons (Fsp3) is 0.381. The molecular formula is C21H22FN5O3S2. The second-order valence-electron chi connectivity index (χ2n) is 7.57. The lowest BCUT2D eigenvalue weighted by Gasteiger charge is -2.25. The summed E-state index contributed by atoms with van der Waals surface area (Å²) in [5, 5.41) is 24.8. The third kappa shape index (κ3) is 5.33. The first-order chi connectivity index (χ1) is 15.5. The van der Waals surface area contributed by atoms with Crippen LogP contribution in [0.5, 0.6) is 0 Å². The summed E-state index contributed by atoms with van der Waals surface area (Å²) in [6.45, 7) is 0. The molecular weight excluding hydrogens is 453 g/mol. The van der Waals surface area contributed by atoms with Crippen LogP contribution in [-0.4, -0.2) is 31.3 Å². The van der Waals surface area contributed by atoms with Gasteiger partial charge in [-0.3, -0.25) is 14.9 Å². The van der Waals surface area contributed by atoms with E-state index in [0.717, 1.165) is 49.7 Å². The first kappa shape index (κ1) is 22.4. The summed E-state index contributed by atoms with van der Waals surface area (Å²) in [7, 11) is 0. The molecule has 168 valence electrons. The number of nitro groups is 1. The number of hydrogen-bond acceptors (Lipinski definition) is 7. The number of nitro benzene ring substituents is 1. The van der Waals surface area contributed by atoms with Crippen LogP contribution in [0.2, 0.25) is 0 Å². The van der Waals surface area contributed by atoms with Crippen molar-refractivity contribution in [1.29, 1.82) is 0 Å². The minimum atomic E-state index is -0.724. The number of halogens is 1. The van der Waals surface area contributed by atoms with E-state index < -0.39 is 16.6 Å². The van der Waals surface area contributed by atoms with Crippen molar-refractivity contribution in [2.75, 3.05) is 11.1 Å². The average molecular weight is 476 g/mol. The van der Waals surface area contributed by atoms with Gasteiger partial charge in [0.2, 0.25) is 5.91 Å². The van der Waals surface area contributed by atoms with Gasteiger partial charge in [0.1, 0.15) is 11.6 Å². The second-order valence-corrected chi connectivity index (χ2v) is 9.55. The van der Waals surface area contributed by atoms with E-state index in [9.17, 15) is 19.3 Å². The van der Waals surface area contributed by atoms with Crippen molar-refractivity contribution in [3.8, 4) is 0 Å². The van der Waals surface area contributed by atoms with Crippen molar-refractivity contribution in [1.82, 2.24) is 14.8 Å². The Morgan fingerprint density at radius 2 is 2.09 bits per heavy atom. The predicted molar refractivity (Wildman–Crippen MR) is 122 cm³/mol. The summed E-state index contributed by atoms with van der Waals surface area (Å²) in [5.41, 5.74) is -0.499. The van der Waals surface area contributed by atoms with Gasteiger partial charge in [0, 0.05) is 29.5 Å². The van der Waals surface area contributed by atoms with Gasteiger partial charge < -0.3 is 9.88 Å². The van der Waals surface area contributed by atoms with E-state index in [1.54, 1.807) is 11.3 Å². The Kier molecular flexibility index (Phi) is 7.15. The Morgan fingerprint density at radius 3 is 2.81 bits per heavy atom. The largest absolute Gasteiger partial charge is 0.323 e. The van der Waals surface area contributed by atoms with Gasteiger partial charge in [-0.15, -0.1) is 21.5 Å². The molecule has 0 unspecified atom stereocenters. The zero-order valence-electron chi connectivity index (χ0n) is 17.2. The van der Waals surface area contributed by atoms with Crippen molar-refractivity contribution in [2.45, 2.75) is 49.7 Å². The number of thioether (sulfide) groups is 1. The van der Waals surface area contributed by atoms with E-state index in [1.165, 1.54) is 23.1 Å². The summed E-state index contributed by atoms with van der Waals surface area (Å²) in [6, 6.07) is 7.42. The molecule has 2 aromatic heterocycles. The summed E-state index contributed by atoms with van der Waals surface area (Å²) in [4.78, 5) is 23.9. The molecule has 0 saturated heterocycles. The number of nitrogens with zero attached hydrogens (tertiary/aromatic N) is 4. The second kappa shape index (κ2) is 10.2. The number of carbonyl (C=O) groups excluding carboxylic acids is 1. The summed E-state index contributed by atoms with van der Waals surface area (Å²) in [6.07, 6.45) is 6.31. The predicted octanol–water partition coefficient (Wildman–Crippen LogP) is 5.21. The highest BCUT2D eigenvalue weighted by molar-refractivity contribution is 7.99. The molecule has 32 heavy (non-hydrogen) atoms. The number of carbonyl (C=O) groups is 1. The molecule has 3 aromatic rings. The van der Waals surface area contributed by atoms with Crippen LogP contribution >= 0.6 is 23.1 Å². The number of non-ortho nitro benzene ring substituents is 1. The summed E-state index contributed by atoms with van der Waals surface area (Å²) in [5.74, 6) is -0.316. The van der Waals surface area contributed by atoms with Crippen LogP contribution in [0.1, 0.15) is 48.8 Å². The van der Waals surface area contributed by atoms with Gasteiger partial charge in [-0.25, -0.2) is 4.39 Å². The normalized spacial score (nSPS) is 14.4. The van der Waals surface area contributed by atoms with E-state index in [-0.39, 0.29) is 17.1 Å². The van der Waals surface area contributed by atoms with E-state index >= 15 is 0 Å². The molecule has 0 aliphatic heterocycles. The maximum Gasteiger partial charge on any atom is 0.271 e. The van der Waals surface area contributed by atoms with Gasteiger partial charge in [0.05, 0.1) is 16.4 Å². The minimum Gasteiger partial charge on any atom is -0.323 e. The Hall–Kier alpha value is -2.79. The Bertz CT molecular complexity index is 1100. The number of hydrogen-bond donors (Lipinski definition) is 1. The number of rotatable bonds is 8. The van der Waals surface area contributed by atoms with Gasteiger partial charge >= 0.3 is 0 Å². The van der Waals surface area contributed by atoms with Crippen molar-refractivity contribution in [3.63, 3.8) is 0 Å². The molecule has 1 fully saturated rings. The molecule has 8 nitrogen and oxygen atoms in total. The smallest absolute Gasteiger partial charge is 0.271 e. The number of amides is 1. The number of thiophene rings is 1. The molecule has 1 N–H and O–H groups in total. The number of benzene rings is 1. The third-order valence-electron chi connectivity index (χ3n) is 5.35. The maximum absolute atomic E-state index is 14.0. The zero-order chi connectivity index (χ0) is 22.5. The Labute approximate surface area is 192 Å². The molecule has 1 aliphatic carbocycles. The highest BCUT2D eigenvalue weighted by Crippen LogP contribution is 2.33. The number of nitrogens with one attached hydrogen (secondary N) is 1. The zero-order valence-corrected chi connectivity index (χ0v) is 18.8. The number of aromatic nitrogens is 3. The van der Waals surface area contributed by atoms with Crippen molar-refractivity contribution in [2.24, 2.45) is 0 Å². The Balaban J connectivity index is 1.47. The topological polar surface area (TPSA) is 103 Å². The average Bonchev–Trinajstić information content (AvgIpc) is 3.44. The summed E-state index contributed by atoms with van der Waals surface area (Å²) >= 11 is 2.91. The first-order valence-electron chi connectivity index (χ1n) is 10.3. The van der Waals surface area contributed by atoms with Gasteiger partial charge in [0.25, 0.3) is 5.69 Å². The van der Waals surface area contributed by atoms with E-state index in [1.807, 2.05) is 11.4 Å². The highest BCUT2D eigenvalue weighted by atomic mass is 32.2. The van der Waals surface area contributed by atoms with Crippen LogP contribution in [-0.2, 0) is 11.2 Å². The van der Waals surface area contributed by atoms with Crippen molar-refractivity contribution in [3.05, 3.63) is 62.3 Å². The van der Waals surface area contributed by atoms with Crippen molar-refractivity contribution < 1.29 is 14.1 Å². The lowest BCUT2D eigenvalue weighted by molar-refractivity contribution is -0.384. The SMILES string of the molecule is O=C(CSc1nnc(Cc2cccs2)n1C1CCCCC1)Nc1cc([N+](=O)[O-])ccc1F. The van der Waals surface area contributed by atoms with Gasteiger partial charge in [-0.2, -0.15) is 0 Å². The molecule has 0 spiro atoms. The van der Waals surface area contributed by atoms with Crippen LogP contribution in [0, 0.1) is 15.9 Å². The molecule has 1 aliphatic rings. The molecule has 11 heteroatoms. The fourth-order valence-electron chi connectivity index (χ4n) is 3.84. The van der Waals surface area contributed by atoms with E-state index in [0.29, 0.717) is 17.6 Å². The minimum absolute atomic E-state index is 0.00795. The van der Waals surface area contributed by atoms with Gasteiger partial charge in [-0.05, 0) is 30.4 Å². The molecule has 1 amide bonds. The van der Waals surface area contributed by atoms with E-state index in [4.69, 9.17) is 0 Å². The molecule has 0 atom stereocenters. The lowest BCUT2D eigenvalue weighted by Crippen LogP contribution is -2.18. The van der Waals surface area contributed by atoms with E-state index in [2.05, 4.69) is 26.1 Å². The fourth-order valence-corrected chi connectivity index (χ4v) is 5.37. The molecule has 1 saturated carbocycles. The van der Waals surface area contributed by atoms with Crippen LogP contribution < -0.4 is 5.32 Å². The van der Waals surface area contributed by atoms with Crippen LogP contribution in [0.25, 0.3) is 0 Å². The number of anilines is 1.